The van der Waals surface area contributed by atoms with Crippen molar-refractivity contribution in [3.8, 4) is 0 Å². The van der Waals surface area contributed by atoms with Crippen molar-refractivity contribution in [3.63, 3.8) is 0 Å². The maximum Gasteiger partial charge on any atom is 0.328 e. The number of esters is 2. The topological polar surface area (TPSA) is 90.0 Å². The lowest BCUT2D eigenvalue weighted by Gasteiger charge is -2.35. The monoisotopic (exact) mass is 493 g/mol. The number of carbonyl (C=O) groups excluding carboxylic acids is 4. The van der Waals surface area contributed by atoms with Gasteiger partial charge in [0.25, 0.3) is 5.91 Å². The van der Waals surface area contributed by atoms with Gasteiger partial charge in [0.05, 0.1) is 12.0 Å². The van der Waals surface area contributed by atoms with E-state index in [-0.39, 0.29) is 12.6 Å². The standard InChI is InChI=1S/C28H47NO6/c1-28(2)22-35-24(30)19-14-12-10-8-6-4-3-5-7-9-11-13-17-21-34-27(33)23-18-15-16-20-29(23)26(32)25(28)31/h23H,3-22H2,1-2H3. The van der Waals surface area contributed by atoms with Crippen molar-refractivity contribution in [2.45, 2.75) is 129 Å². The number of piperidine rings is 1. The summed E-state index contributed by atoms with van der Waals surface area (Å²) < 4.78 is 10.9. The zero-order valence-electron chi connectivity index (χ0n) is 22.1. The highest BCUT2D eigenvalue weighted by molar-refractivity contribution is 6.38. The summed E-state index contributed by atoms with van der Waals surface area (Å²) in [5, 5.41) is 0. The minimum atomic E-state index is -1.15. The number of rotatable bonds is 0. The lowest BCUT2D eigenvalue weighted by Crippen LogP contribution is -2.53. The second-order valence-corrected chi connectivity index (χ2v) is 10.9. The third kappa shape index (κ3) is 10.7. The Hall–Kier alpha value is -1.92. The fourth-order valence-corrected chi connectivity index (χ4v) is 4.82. The van der Waals surface area contributed by atoms with E-state index >= 15 is 0 Å². The first-order chi connectivity index (χ1) is 16.8. The number of ketones is 1. The molecule has 2 heterocycles. The van der Waals surface area contributed by atoms with Crippen LogP contribution in [0.4, 0.5) is 0 Å². The van der Waals surface area contributed by atoms with Gasteiger partial charge in [-0.25, -0.2) is 4.79 Å². The van der Waals surface area contributed by atoms with Crippen LogP contribution < -0.4 is 0 Å². The Balaban J connectivity index is 1.96. The summed E-state index contributed by atoms with van der Waals surface area (Å²) in [6.45, 7) is 3.81. The van der Waals surface area contributed by atoms with Crippen LogP contribution in [-0.4, -0.2) is 54.3 Å². The first-order valence-corrected chi connectivity index (χ1v) is 14.0. The molecule has 0 N–H and O–H groups in total. The van der Waals surface area contributed by atoms with Gasteiger partial charge in [-0.2, -0.15) is 0 Å². The molecule has 0 aromatic carbocycles. The van der Waals surface area contributed by atoms with Gasteiger partial charge in [-0.3, -0.25) is 14.4 Å². The third-order valence-electron chi connectivity index (χ3n) is 7.21. The van der Waals surface area contributed by atoms with Crippen molar-refractivity contribution in [1.29, 1.82) is 0 Å². The second-order valence-electron chi connectivity index (χ2n) is 10.9. The van der Waals surface area contributed by atoms with E-state index in [1.165, 1.54) is 49.8 Å². The minimum Gasteiger partial charge on any atom is -0.465 e. The zero-order valence-corrected chi connectivity index (χ0v) is 22.1. The Labute approximate surface area is 211 Å². The van der Waals surface area contributed by atoms with E-state index in [4.69, 9.17) is 9.47 Å². The fourth-order valence-electron chi connectivity index (χ4n) is 4.82. The lowest BCUT2D eigenvalue weighted by atomic mass is 9.87. The maximum atomic E-state index is 13.1. The summed E-state index contributed by atoms with van der Waals surface area (Å²) in [6.07, 6.45) is 17.1. The molecule has 35 heavy (non-hydrogen) atoms. The molecule has 2 fully saturated rings. The van der Waals surface area contributed by atoms with Crippen molar-refractivity contribution in [2.75, 3.05) is 19.8 Å². The van der Waals surface area contributed by atoms with Crippen LogP contribution in [0.15, 0.2) is 0 Å². The van der Waals surface area contributed by atoms with E-state index in [0.717, 1.165) is 51.4 Å². The van der Waals surface area contributed by atoms with Crippen molar-refractivity contribution in [2.24, 2.45) is 5.41 Å². The van der Waals surface area contributed by atoms with Gasteiger partial charge in [0, 0.05) is 13.0 Å². The van der Waals surface area contributed by atoms with Crippen LogP contribution in [0.1, 0.15) is 123 Å². The Morgan fingerprint density at radius 3 is 1.83 bits per heavy atom. The van der Waals surface area contributed by atoms with Crippen LogP contribution >= 0.6 is 0 Å². The smallest absolute Gasteiger partial charge is 0.328 e. The molecular formula is C28H47NO6. The van der Waals surface area contributed by atoms with Crippen molar-refractivity contribution < 1.29 is 28.7 Å². The molecule has 1 amide bonds. The normalized spacial score (nSPS) is 26.0. The molecule has 7 heteroatoms. The summed E-state index contributed by atoms with van der Waals surface area (Å²) in [5.41, 5.74) is -1.15. The number of Topliss-reactive ketones (excluding diaryl/α,β-unsaturated/α-hetero) is 1. The molecule has 0 aromatic heterocycles. The minimum absolute atomic E-state index is 0.140. The van der Waals surface area contributed by atoms with E-state index in [1.807, 2.05) is 0 Å². The first kappa shape index (κ1) is 29.3. The Kier molecular flexibility index (Phi) is 13.4. The van der Waals surface area contributed by atoms with Crippen LogP contribution in [0.25, 0.3) is 0 Å². The lowest BCUT2D eigenvalue weighted by molar-refractivity contribution is -0.162. The molecule has 1 unspecified atom stereocenters. The molecule has 0 bridgehead atoms. The average Bonchev–Trinajstić information content (AvgIpc) is 2.85. The first-order valence-electron chi connectivity index (χ1n) is 14.0. The highest BCUT2D eigenvalue weighted by Gasteiger charge is 2.42. The number of fused-ring (bicyclic) bond motifs is 1. The predicted octanol–water partition coefficient (Wildman–Crippen LogP) is 5.52. The number of amides is 1. The van der Waals surface area contributed by atoms with E-state index in [1.54, 1.807) is 13.8 Å². The second kappa shape index (κ2) is 15.9. The average molecular weight is 494 g/mol. The number of hydrogen-bond donors (Lipinski definition) is 0. The van der Waals surface area contributed by atoms with E-state index in [2.05, 4.69) is 0 Å². The molecule has 0 aliphatic carbocycles. The van der Waals surface area contributed by atoms with Crippen molar-refractivity contribution in [1.82, 2.24) is 4.90 Å². The summed E-state index contributed by atoms with van der Waals surface area (Å²) >= 11 is 0. The summed E-state index contributed by atoms with van der Waals surface area (Å²) in [6, 6.07) is -0.715. The molecule has 1 atom stereocenters. The van der Waals surface area contributed by atoms with Gasteiger partial charge in [-0.1, -0.05) is 70.6 Å². The Bertz CT molecular complexity index is 689. The predicted molar refractivity (Wildman–Crippen MR) is 135 cm³/mol. The fraction of sp³-hybridized carbons (Fsp3) is 0.857. The molecule has 0 saturated carbocycles. The largest absolute Gasteiger partial charge is 0.465 e. The number of nitrogens with zero attached hydrogens (tertiary/aromatic N) is 1. The van der Waals surface area contributed by atoms with Crippen LogP contribution in [0, 0.1) is 5.41 Å². The van der Waals surface area contributed by atoms with Gasteiger partial charge in [0.15, 0.2) is 0 Å². The Morgan fingerprint density at radius 2 is 1.23 bits per heavy atom. The van der Waals surface area contributed by atoms with Crippen molar-refractivity contribution in [3.05, 3.63) is 0 Å². The summed E-state index contributed by atoms with van der Waals surface area (Å²) in [5.74, 6) is -2.06. The molecule has 2 saturated heterocycles. The number of hydrogen-bond acceptors (Lipinski definition) is 6. The number of cyclic esters (lactones) is 2. The van der Waals surface area contributed by atoms with E-state index in [0.29, 0.717) is 26.0 Å². The Morgan fingerprint density at radius 1 is 0.686 bits per heavy atom. The molecule has 0 spiro atoms. The van der Waals surface area contributed by atoms with Gasteiger partial charge in [0.2, 0.25) is 5.78 Å². The quantitative estimate of drug-likeness (QED) is 0.326. The summed E-state index contributed by atoms with van der Waals surface area (Å²) in [4.78, 5) is 52.4. The van der Waals surface area contributed by atoms with Gasteiger partial charge < -0.3 is 14.4 Å². The molecular weight excluding hydrogens is 446 g/mol. The van der Waals surface area contributed by atoms with Gasteiger partial charge in [-0.05, 0) is 46.0 Å². The van der Waals surface area contributed by atoms with Gasteiger partial charge >= 0.3 is 11.9 Å². The molecule has 0 radical (unpaired) electrons. The molecule has 0 aromatic rings. The van der Waals surface area contributed by atoms with E-state index in [9.17, 15) is 19.2 Å². The zero-order chi connectivity index (χ0) is 25.5. The molecule has 2 aliphatic heterocycles. The third-order valence-corrected chi connectivity index (χ3v) is 7.21. The molecule has 200 valence electrons. The molecule has 2 rings (SSSR count). The highest BCUT2D eigenvalue weighted by atomic mass is 16.5. The van der Waals surface area contributed by atoms with Gasteiger partial charge in [-0.15, -0.1) is 0 Å². The van der Waals surface area contributed by atoms with Crippen molar-refractivity contribution >= 4 is 23.6 Å². The maximum absolute atomic E-state index is 13.1. The van der Waals surface area contributed by atoms with Crippen LogP contribution in [0.5, 0.6) is 0 Å². The van der Waals surface area contributed by atoms with Crippen LogP contribution in [-0.2, 0) is 28.7 Å². The summed E-state index contributed by atoms with van der Waals surface area (Å²) in [7, 11) is 0. The van der Waals surface area contributed by atoms with Crippen LogP contribution in [0.3, 0.4) is 0 Å². The highest BCUT2D eigenvalue weighted by Crippen LogP contribution is 2.24. The van der Waals surface area contributed by atoms with Gasteiger partial charge in [0.1, 0.15) is 12.6 Å². The number of ether oxygens (including phenoxy) is 2. The SMILES string of the molecule is CC1(C)COC(=O)CCCCCCCCCCCCCCCOC(=O)C2CCCCN2C(=O)C1=O. The van der Waals surface area contributed by atoms with Crippen LogP contribution in [0.2, 0.25) is 0 Å². The number of carbonyl (C=O) groups is 4. The van der Waals surface area contributed by atoms with E-state index < -0.39 is 29.1 Å². The molecule has 7 nitrogen and oxygen atoms in total. The molecule has 2 aliphatic rings.